The zero-order valence-electron chi connectivity index (χ0n) is 18.5. The molecule has 0 unspecified atom stereocenters. The molecule has 0 amide bonds. The van der Waals surface area contributed by atoms with Crippen LogP contribution in [0, 0.1) is 5.41 Å². The summed E-state index contributed by atoms with van der Waals surface area (Å²) < 4.78 is 13.1. The first-order valence-corrected chi connectivity index (χ1v) is 10.8. The Labute approximate surface area is 183 Å². The molecule has 0 saturated carbocycles. The van der Waals surface area contributed by atoms with Crippen LogP contribution in [0.4, 0.5) is 0 Å². The van der Waals surface area contributed by atoms with Gasteiger partial charge in [0.25, 0.3) is 0 Å². The van der Waals surface area contributed by atoms with Crippen molar-refractivity contribution in [1.29, 1.82) is 0 Å². The highest BCUT2D eigenvalue weighted by Gasteiger charge is 2.35. The topological polar surface area (TPSA) is 68.5 Å². The average molecular weight is 422 g/mol. The predicted octanol–water partition coefficient (Wildman–Crippen LogP) is 4.06. The highest BCUT2D eigenvalue weighted by Crippen LogP contribution is 2.41. The third-order valence-electron chi connectivity index (χ3n) is 5.86. The lowest BCUT2D eigenvalue weighted by Crippen LogP contribution is -2.33. The van der Waals surface area contributed by atoms with Gasteiger partial charge in [0.05, 0.1) is 25.6 Å². The van der Waals surface area contributed by atoms with E-state index in [1.54, 1.807) is 7.11 Å². The molecule has 1 aromatic heterocycles. The Morgan fingerprint density at radius 1 is 1.16 bits per heavy atom. The van der Waals surface area contributed by atoms with Gasteiger partial charge in [0.2, 0.25) is 0 Å². The van der Waals surface area contributed by atoms with Gasteiger partial charge < -0.3 is 19.9 Å². The number of hydrogen-bond donors (Lipinski definition) is 2. The van der Waals surface area contributed by atoms with Crippen molar-refractivity contribution < 1.29 is 14.6 Å². The summed E-state index contributed by atoms with van der Waals surface area (Å²) in [5.74, 6) is 1.65. The predicted molar refractivity (Wildman–Crippen MR) is 121 cm³/mol. The number of nitrogens with zero attached hydrogens (tertiary/aromatic N) is 2. The summed E-state index contributed by atoms with van der Waals surface area (Å²) in [5.41, 5.74) is 4.79. The standard InChI is InChI=1S/C25H31N3O3/c1-25(2)14-22(26-16-18-6-4-5-7-24(18)31-13-12-29)21-17-27-28(23(21)15-25)19-8-10-20(30-3)11-9-19/h4-11,17,22,26,29H,12-16H2,1-3H3/t22-/m1/s1. The molecule has 0 bridgehead atoms. The van der Waals surface area contributed by atoms with Crippen LogP contribution in [0.25, 0.3) is 5.69 Å². The molecule has 0 radical (unpaired) electrons. The first-order valence-electron chi connectivity index (χ1n) is 10.8. The van der Waals surface area contributed by atoms with Crippen LogP contribution in [0.15, 0.2) is 54.7 Å². The van der Waals surface area contributed by atoms with Gasteiger partial charge in [-0.15, -0.1) is 0 Å². The molecule has 0 aliphatic heterocycles. The Morgan fingerprint density at radius 3 is 2.68 bits per heavy atom. The molecule has 6 nitrogen and oxygen atoms in total. The van der Waals surface area contributed by atoms with E-state index in [1.807, 2.05) is 48.7 Å². The molecule has 1 atom stereocenters. The number of benzene rings is 2. The lowest BCUT2D eigenvalue weighted by atomic mass is 9.74. The molecule has 1 aliphatic carbocycles. The van der Waals surface area contributed by atoms with E-state index in [0.717, 1.165) is 35.6 Å². The van der Waals surface area contributed by atoms with Crippen molar-refractivity contribution in [2.24, 2.45) is 5.41 Å². The fourth-order valence-corrected chi connectivity index (χ4v) is 4.35. The Hall–Kier alpha value is -2.83. The van der Waals surface area contributed by atoms with Gasteiger partial charge in [-0.2, -0.15) is 5.10 Å². The zero-order valence-corrected chi connectivity index (χ0v) is 18.5. The van der Waals surface area contributed by atoms with Crippen molar-refractivity contribution in [2.75, 3.05) is 20.3 Å². The van der Waals surface area contributed by atoms with Crippen molar-refractivity contribution in [3.05, 3.63) is 71.5 Å². The van der Waals surface area contributed by atoms with E-state index in [9.17, 15) is 0 Å². The maximum Gasteiger partial charge on any atom is 0.123 e. The first kappa shape index (κ1) is 21.4. The van der Waals surface area contributed by atoms with Crippen molar-refractivity contribution >= 4 is 0 Å². The van der Waals surface area contributed by atoms with Gasteiger partial charge in [-0.1, -0.05) is 32.0 Å². The molecule has 3 aromatic rings. The number of aromatic nitrogens is 2. The monoisotopic (exact) mass is 421 g/mol. The second kappa shape index (κ2) is 9.12. The molecule has 2 N–H and O–H groups in total. The molecule has 4 rings (SSSR count). The molecule has 0 fully saturated rings. The fraction of sp³-hybridized carbons (Fsp3) is 0.400. The number of rotatable bonds is 8. The highest BCUT2D eigenvalue weighted by molar-refractivity contribution is 5.41. The van der Waals surface area contributed by atoms with Crippen molar-refractivity contribution in [2.45, 2.75) is 39.3 Å². The van der Waals surface area contributed by atoms with Gasteiger partial charge in [0, 0.05) is 29.4 Å². The number of ether oxygens (including phenoxy) is 2. The number of aliphatic hydroxyl groups is 1. The minimum absolute atomic E-state index is 0.00643. The Kier molecular flexibility index (Phi) is 6.30. The van der Waals surface area contributed by atoms with E-state index in [0.29, 0.717) is 13.2 Å². The Morgan fingerprint density at radius 2 is 1.94 bits per heavy atom. The third kappa shape index (κ3) is 4.75. The van der Waals surface area contributed by atoms with Gasteiger partial charge >= 0.3 is 0 Å². The van der Waals surface area contributed by atoms with Crippen LogP contribution in [0.5, 0.6) is 11.5 Å². The van der Waals surface area contributed by atoms with E-state index in [-0.39, 0.29) is 18.1 Å². The zero-order chi connectivity index (χ0) is 21.8. The summed E-state index contributed by atoms with van der Waals surface area (Å²) in [6.45, 7) is 5.62. The van der Waals surface area contributed by atoms with E-state index in [2.05, 4.69) is 29.9 Å². The number of para-hydroxylation sites is 1. The minimum atomic E-state index is 0.00643. The summed E-state index contributed by atoms with van der Waals surface area (Å²) in [6.07, 6.45) is 4.01. The van der Waals surface area contributed by atoms with Crippen LogP contribution in [0.2, 0.25) is 0 Å². The van der Waals surface area contributed by atoms with E-state index < -0.39 is 0 Å². The molecule has 0 spiro atoms. The Balaban J connectivity index is 1.58. The number of fused-ring (bicyclic) bond motifs is 1. The molecule has 164 valence electrons. The molecule has 31 heavy (non-hydrogen) atoms. The fourth-order valence-electron chi connectivity index (χ4n) is 4.35. The Bertz CT molecular complexity index is 1010. The quantitative estimate of drug-likeness (QED) is 0.574. The van der Waals surface area contributed by atoms with Gasteiger partial charge in [-0.05, 0) is 48.6 Å². The van der Waals surface area contributed by atoms with E-state index >= 15 is 0 Å². The maximum atomic E-state index is 9.09. The van der Waals surface area contributed by atoms with E-state index in [1.165, 1.54) is 11.3 Å². The van der Waals surface area contributed by atoms with Crippen LogP contribution in [0.3, 0.4) is 0 Å². The summed E-state index contributed by atoms with van der Waals surface area (Å²) in [7, 11) is 1.68. The molecule has 1 heterocycles. The van der Waals surface area contributed by atoms with Crippen LogP contribution in [0.1, 0.15) is 43.1 Å². The van der Waals surface area contributed by atoms with Crippen LogP contribution in [-0.2, 0) is 13.0 Å². The number of hydrogen-bond acceptors (Lipinski definition) is 5. The van der Waals surface area contributed by atoms with Crippen LogP contribution >= 0.6 is 0 Å². The van der Waals surface area contributed by atoms with E-state index in [4.69, 9.17) is 19.7 Å². The van der Waals surface area contributed by atoms with Crippen molar-refractivity contribution in [1.82, 2.24) is 15.1 Å². The largest absolute Gasteiger partial charge is 0.497 e. The molecular weight excluding hydrogens is 390 g/mol. The van der Waals surface area contributed by atoms with Gasteiger partial charge in [-0.25, -0.2) is 4.68 Å². The lowest BCUT2D eigenvalue weighted by molar-refractivity contribution is 0.199. The van der Waals surface area contributed by atoms with Gasteiger partial charge in [0.15, 0.2) is 0 Å². The normalized spacial score (nSPS) is 17.2. The smallest absolute Gasteiger partial charge is 0.123 e. The van der Waals surface area contributed by atoms with Crippen molar-refractivity contribution in [3.8, 4) is 17.2 Å². The summed E-state index contributed by atoms with van der Waals surface area (Å²) >= 11 is 0. The van der Waals surface area contributed by atoms with Crippen LogP contribution < -0.4 is 14.8 Å². The minimum Gasteiger partial charge on any atom is -0.497 e. The number of aliphatic hydroxyl groups excluding tert-OH is 1. The van der Waals surface area contributed by atoms with Gasteiger partial charge in [-0.3, -0.25) is 0 Å². The second-order valence-electron chi connectivity index (χ2n) is 8.81. The summed E-state index contributed by atoms with van der Waals surface area (Å²) in [6, 6.07) is 16.2. The van der Waals surface area contributed by atoms with Crippen molar-refractivity contribution in [3.63, 3.8) is 0 Å². The molecular formula is C25H31N3O3. The third-order valence-corrected chi connectivity index (χ3v) is 5.86. The molecule has 0 saturated heterocycles. The number of methoxy groups -OCH3 is 1. The molecule has 6 heteroatoms. The van der Waals surface area contributed by atoms with Crippen LogP contribution in [-0.4, -0.2) is 35.2 Å². The average Bonchev–Trinajstić information content (AvgIpc) is 3.19. The SMILES string of the molecule is COc1ccc(-n2ncc3c2CC(C)(C)C[C@H]3NCc2ccccc2OCCO)cc1. The first-order chi connectivity index (χ1) is 15.0. The lowest BCUT2D eigenvalue weighted by Gasteiger charge is -2.36. The molecule has 2 aromatic carbocycles. The summed E-state index contributed by atoms with van der Waals surface area (Å²) in [5, 5.41) is 17.6. The summed E-state index contributed by atoms with van der Waals surface area (Å²) in [4.78, 5) is 0. The van der Waals surface area contributed by atoms with Gasteiger partial charge in [0.1, 0.15) is 18.1 Å². The molecule has 1 aliphatic rings. The highest BCUT2D eigenvalue weighted by atomic mass is 16.5. The second-order valence-corrected chi connectivity index (χ2v) is 8.81. The maximum absolute atomic E-state index is 9.09. The number of nitrogens with one attached hydrogen (secondary N) is 1.